The highest BCUT2D eigenvalue weighted by Crippen LogP contribution is 2.36. The van der Waals surface area contributed by atoms with E-state index in [-0.39, 0.29) is 23.6 Å². The van der Waals surface area contributed by atoms with E-state index < -0.39 is 29.0 Å². The van der Waals surface area contributed by atoms with Crippen molar-refractivity contribution in [2.75, 3.05) is 18.1 Å². The monoisotopic (exact) mass is 498 g/mol. The molecule has 2 heterocycles. The molecule has 4 rings (SSSR count). The number of ether oxygens (including phenoxy) is 1. The smallest absolute Gasteiger partial charge is 0.377 e. The molecular weight excluding hydrogens is 474 g/mol. The van der Waals surface area contributed by atoms with Gasteiger partial charge in [-0.05, 0) is 61.6 Å². The van der Waals surface area contributed by atoms with E-state index in [9.17, 15) is 31.1 Å². The largest absolute Gasteiger partial charge is 0.417 e. The number of aromatic nitrogens is 1. The first-order valence-electron chi connectivity index (χ1n) is 11.3. The van der Waals surface area contributed by atoms with Crippen LogP contribution in [0.25, 0.3) is 10.9 Å². The number of H-pyrrole nitrogens is 1. The molecular formula is C25H24F6N2O2. The number of nitrogens with zero attached hydrogens (tertiary/aromatic N) is 1. The van der Waals surface area contributed by atoms with E-state index >= 15 is 0 Å². The molecule has 0 amide bonds. The Morgan fingerprint density at radius 3 is 2.37 bits per heavy atom. The van der Waals surface area contributed by atoms with Crippen LogP contribution in [0.15, 0.2) is 53.3 Å². The van der Waals surface area contributed by atoms with Crippen LogP contribution in [0.5, 0.6) is 0 Å². The van der Waals surface area contributed by atoms with Gasteiger partial charge in [-0.2, -0.15) is 26.3 Å². The SMILES string of the molecule is O=c1cc(C(F)(F)F)c2cc(N3CCCCC3CCOCc3ccc(C(F)(F)F)cc3)ccc2[nH]1. The van der Waals surface area contributed by atoms with E-state index in [0.717, 1.165) is 31.4 Å². The zero-order chi connectivity index (χ0) is 25.2. The van der Waals surface area contributed by atoms with Crippen LogP contribution in [0.2, 0.25) is 0 Å². The topological polar surface area (TPSA) is 45.3 Å². The zero-order valence-corrected chi connectivity index (χ0v) is 18.7. The molecule has 1 aromatic heterocycles. The average Bonchev–Trinajstić information content (AvgIpc) is 2.80. The molecule has 1 unspecified atom stereocenters. The van der Waals surface area contributed by atoms with Crippen molar-refractivity contribution >= 4 is 16.6 Å². The Bertz CT molecular complexity index is 1220. The highest BCUT2D eigenvalue weighted by atomic mass is 19.4. The minimum absolute atomic E-state index is 0.0471. The number of aromatic amines is 1. The molecule has 188 valence electrons. The summed E-state index contributed by atoms with van der Waals surface area (Å²) < 4.78 is 84.3. The summed E-state index contributed by atoms with van der Waals surface area (Å²) in [6.45, 7) is 1.21. The maximum atomic E-state index is 13.5. The van der Waals surface area contributed by atoms with Gasteiger partial charge in [-0.15, -0.1) is 0 Å². The van der Waals surface area contributed by atoms with Crippen LogP contribution in [0, 0.1) is 0 Å². The molecule has 10 heteroatoms. The molecule has 1 atom stereocenters. The second-order valence-electron chi connectivity index (χ2n) is 8.65. The summed E-state index contributed by atoms with van der Waals surface area (Å²) in [6, 6.07) is 10.1. The summed E-state index contributed by atoms with van der Waals surface area (Å²) in [5, 5.41) is -0.0579. The third kappa shape index (κ3) is 5.98. The Labute approximate surface area is 197 Å². The number of hydrogen-bond donors (Lipinski definition) is 1. The quantitative estimate of drug-likeness (QED) is 0.311. The van der Waals surface area contributed by atoms with E-state index in [2.05, 4.69) is 9.88 Å². The fourth-order valence-corrected chi connectivity index (χ4v) is 4.49. The lowest BCUT2D eigenvalue weighted by Gasteiger charge is -2.38. The van der Waals surface area contributed by atoms with Crippen molar-refractivity contribution in [2.24, 2.45) is 0 Å². The van der Waals surface area contributed by atoms with Gasteiger partial charge in [0.05, 0.1) is 17.7 Å². The Morgan fingerprint density at radius 1 is 0.943 bits per heavy atom. The van der Waals surface area contributed by atoms with Gasteiger partial charge in [-0.1, -0.05) is 12.1 Å². The highest BCUT2D eigenvalue weighted by molar-refractivity contribution is 5.86. The number of alkyl halides is 6. The predicted octanol–water partition coefficient (Wildman–Crippen LogP) is 6.53. The lowest BCUT2D eigenvalue weighted by atomic mass is 9.98. The Hall–Kier alpha value is -3.01. The average molecular weight is 498 g/mol. The van der Waals surface area contributed by atoms with Crippen molar-refractivity contribution in [3.63, 3.8) is 0 Å². The van der Waals surface area contributed by atoms with Crippen molar-refractivity contribution in [1.82, 2.24) is 4.98 Å². The van der Waals surface area contributed by atoms with Crippen molar-refractivity contribution in [3.05, 3.63) is 75.6 Å². The van der Waals surface area contributed by atoms with Gasteiger partial charge in [0.15, 0.2) is 0 Å². The van der Waals surface area contributed by atoms with Crippen LogP contribution in [-0.4, -0.2) is 24.2 Å². The van der Waals surface area contributed by atoms with Gasteiger partial charge in [0.2, 0.25) is 5.56 Å². The molecule has 1 fully saturated rings. The van der Waals surface area contributed by atoms with E-state index in [4.69, 9.17) is 4.74 Å². The van der Waals surface area contributed by atoms with Gasteiger partial charge in [-0.3, -0.25) is 4.79 Å². The number of rotatable bonds is 6. The number of piperidine rings is 1. The van der Waals surface area contributed by atoms with Crippen molar-refractivity contribution in [1.29, 1.82) is 0 Å². The molecule has 35 heavy (non-hydrogen) atoms. The van der Waals surface area contributed by atoms with E-state index in [1.54, 1.807) is 6.07 Å². The number of halogens is 6. The molecule has 2 aromatic carbocycles. The van der Waals surface area contributed by atoms with Gasteiger partial charge in [0, 0.05) is 41.9 Å². The third-order valence-electron chi connectivity index (χ3n) is 6.24. The number of pyridine rings is 1. The molecule has 0 aliphatic carbocycles. The number of nitrogens with one attached hydrogen (secondary N) is 1. The fourth-order valence-electron chi connectivity index (χ4n) is 4.49. The van der Waals surface area contributed by atoms with Gasteiger partial charge in [0.25, 0.3) is 0 Å². The van der Waals surface area contributed by atoms with Gasteiger partial charge in [-0.25, -0.2) is 0 Å². The molecule has 3 aromatic rings. The zero-order valence-electron chi connectivity index (χ0n) is 18.7. The van der Waals surface area contributed by atoms with Gasteiger partial charge in [0.1, 0.15) is 0 Å². The van der Waals surface area contributed by atoms with Crippen LogP contribution in [0.4, 0.5) is 32.0 Å². The van der Waals surface area contributed by atoms with Crippen LogP contribution >= 0.6 is 0 Å². The first kappa shape index (κ1) is 25.1. The first-order valence-corrected chi connectivity index (χ1v) is 11.3. The van der Waals surface area contributed by atoms with E-state index in [1.165, 1.54) is 24.3 Å². The summed E-state index contributed by atoms with van der Waals surface area (Å²) in [5.41, 5.74) is -1.09. The van der Waals surface area contributed by atoms with Crippen LogP contribution in [0.3, 0.4) is 0 Å². The molecule has 0 saturated carbocycles. The number of hydrogen-bond acceptors (Lipinski definition) is 3. The van der Waals surface area contributed by atoms with Crippen LogP contribution in [0.1, 0.15) is 42.4 Å². The molecule has 0 radical (unpaired) electrons. The number of fused-ring (bicyclic) bond motifs is 1. The minimum Gasteiger partial charge on any atom is -0.377 e. The number of anilines is 1. The van der Waals surface area contributed by atoms with Crippen LogP contribution in [-0.2, 0) is 23.7 Å². The summed E-state index contributed by atoms with van der Waals surface area (Å²) in [5.74, 6) is 0. The standard InChI is InChI=1S/C25H24F6N2O2/c26-24(27,28)17-6-4-16(5-7-17)15-35-12-10-18-3-1-2-11-33(18)19-8-9-22-20(13-19)21(25(29,30)31)14-23(34)32-22/h4-9,13-14,18H,1-3,10-12,15H2,(H,32,34). The lowest BCUT2D eigenvalue weighted by molar-refractivity contribution is -0.138. The second-order valence-corrected chi connectivity index (χ2v) is 8.65. The molecule has 4 nitrogen and oxygen atoms in total. The molecule has 1 saturated heterocycles. The van der Waals surface area contributed by atoms with E-state index in [0.29, 0.717) is 36.9 Å². The maximum Gasteiger partial charge on any atom is 0.417 e. The molecule has 0 spiro atoms. The predicted molar refractivity (Wildman–Crippen MR) is 120 cm³/mol. The van der Waals surface area contributed by atoms with Gasteiger partial charge < -0.3 is 14.6 Å². The minimum atomic E-state index is -4.65. The molecule has 1 N–H and O–H groups in total. The highest BCUT2D eigenvalue weighted by Gasteiger charge is 2.34. The van der Waals surface area contributed by atoms with E-state index in [1.807, 2.05) is 0 Å². The van der Waals surface area contributed by atoms with Crippen molar-refractivity contribution in [2.45, 2.75) is 50.7 Å². The van der Waals surface area contributed by atoms with Crippen molar-refractivity contribution in [3.8, 4) is 0 Å². The molecule has 1 aliphatic heterocycles. The Morgan fingerprint density at radius 2 is 1.69 bits per heavy atom. The summed E-state index contributed by atoms with van der Waals surface area (Å²) in [4.78, 5) is 16.2. The fraction of sp³-hybridized carbons (Fsp3) is 0.400. The number of benzene rings is 2. The van der Waals surface area contributed by atoms with Gasteiger partial charge >= 0.3 is 12.4 Å². The lowest BCUT2D eigenvalue weighted by Crippen LogP contribution is -2.40. The molecule has 0 bridgehead atoms. The first-order chi connectivity index (χ1) is 16.5. The summed E-state index contributed by atoms with van der Waals surface area (Å²) >= 11 is 0. The summed E-state index contributed by atoms with van der Waals surface area (Å²) in [6.07, 6.45) is -5.69. The normalized spacial score (nSPS) is 17.2. The maximum absolute atomic E-state index is 13.5. The third-order valence-corrected chi connectivity index (χ3v) is 6.24. The Kier molecular flexibility index (Phi) is 7.12. The Balaban J connectivity index is 1.44. The molecule has 1 aliphatic rings. The summed E-state index contributed by atoms with van der Waals surface area (Å²) in [7, 11) is 0. The van der Waals surface area contributed by atoms with Crippen LogP contribution < -0.4 is 10.5 Å². The van der Waals surface area contributed by atoms with Crippen molar-refractivity contribution < 1.29 is 31.1 Å². The second kappa shape index (κ2) is 9.93.